The van der Waals surface area contributed by atoms with E-state index in [2.05, 4.69) is 5.32 Å². The van der Waals surface area contributed by atoms with Crippen molar-refractivity contribution in [3.05, 3.63) is 59.7 Å². The SMILES string of the molecule is O=C(O)[C@H](Cc1ccccc1)NCc1cccc2c1OCCO2. The average molecular weight is 313 g/mol. The largest absolute Gasteiger partial charge is 0.486 e. The zero-order valence-corrected chi connectivity index (χ0v) is 12.7. The van der Waals surface area contributed by atoms with Crippen molar-refractivity contribution in [2.45, 2.75) is 19.0 Å². The van der Waals surface area contributed by atoms with Gasteiger partial charge in [0, 0.05) is 12.1 Å². The molecule has 0 amide bonds. The third-order valence-corrected chi connectivity index (χ3v) is 3.77. The second-order valence-corrected chi connectivity index (χ2v) is 5.40. The molecule has 2 N–H and O–H groups in total. The molecule has 2 aromatic carbocycles. The van der Waals surface area contributed by atoms with Gasteiger partial charge in [0.05, 0.1) is 0 Å². The number of rotatable bonds is 6. The summed E-state index contributed by atoms with van der Waals surface area (Å²) >= 11 is 0. The summed E-state index contributed by atoms with van der Waals surface area (Å²) in [5.41, 5.74) is 1.89. The smallest absolute Gasteiger partial charge is 0.321 e. The molecule has 0 spiro atoms. The summed E-state index contributed by atoms with van der Waals surface area (Å²) in [6.45, 7) is 1.46. The zero-order chi connectivity index (χ0) is 16.1. The summed E-state index contributed by atoms with van der Waals surface area (Å²) in [6.07, 6.45) is 0.433. The fourth-order valence-corrected chi connectivity index (χ4v) is 2.60. The van der Waals surface area contributed by atoms with Gasteiger partial charge in [-0.05, 0) is 18.1 Å². The van der Waals surface area contributed by atoms with Gasteiger partial charge in [-0.3, -0.25) is 10.1 Å². The molecule has 1 aliphatic rings. The topological polar surface area (TPSA) is 67.8 Å². The van der Waals surface area contributed by atoms with Gasteiger partial charge in [0.2, 0.25) is 0 Å². The highest BCUT2D eigenvalue weighted by atomic mass is 16.6. The number of fused-ring (bicyclic) bond motifs is 1. The van der Waals surface area contributed by atoms with Crippen molar-refractivity contribution in [1.82, 2.24) is 5.32 Å². The highest BCUT2D eigenvalue weighted by Gasteiger charge is 2.20. The molecule has 120 valence electrons. The molecule has 23 heavy (non-hydrogen) atoms. The van der Waals surface area contributed by atoms with E-state index in [-0.39, 0.29) is 0 Å². The third kappa shape index (κ3) is 3.81. The molecule has 1 aliphatic heterocycles. The van der Waals surface area contributed by atoms with E-state index in [1.807, 2.05) is 48.5 Å². The van der Waals surface area contributed by atoms with Crippen molar-refractivity contribution in [2.24, 2.45) is 0 Å². The molecule has 5 heteroatoms. The fourth-order valence-electron chi connectivity index (χ4n) is 2.60. The van der Waals surface area contributed by atoms with Gasteiger partial charge in [0.25, 0.3) is 0 Å². The lowest BCUT2D eigenvalue weighted by Crippen LogP contribution is -2.38. The van der Waals surface area contributed by atoms with Crippen LogP contribution in [0.4, 0.5) is 0 Å². The van der Waals surface area contributed by atoms with E-state index in [0.717, 1.165) is 11.1 Å². The highest BCUT2D eigenvalue weighted by Crippen LogP contribution is 2.33. The first-order valence-electron chi connectivity index (χ1n) is 7.61. The van der Waals surface area contributed by atoms with Gasteiger partial charge in [-0.25, -0.2) is 0 Å². The monoisotopic (exact) mass is 313 g/mol. The maximum absolute atomic E-state index is 11.5. The Morgan fingerprint density at radius 2 is 1.87 bits per heavy atom. The summed E-state index contributed by atoms with van der Waals surface area (Å²) < 4.78 is 11.2. The number of hydrogen-bond acceptors (Lipinski definition) is 4. The molecule has 0 fully saturated rings. The summed E-state index contributed by atoms with van der Waals surface area (Å²) in [4.78, 5) is 11.5. The minimum Gasteiger partial charge on any atom is -0.486 e. The molecule has 1 heterocycles. The Balaban J connectivity index is 1.69. The number of ether oxygens (including phenoxy) is 2. The van der Waals surface area contributed by atoms with E-state index >= 15 is 0 Å². The van der Waals surface area contributed by atoms with Crippen molar-refractivity contribution in [3.63, 3.8) is 0 Å². The van der Waals surface area contributed by atoms with E-state index < -0.39 is 12.0 Å². The predicted molar refractivity (Wildman–Crippen MR) is 85.8 cm³/mol. The van der Waals surface area contributed by atoms with Gasteiger partial charge in [-0.15, -0.1) is 0 Å². The van der Waals surface area contributed by atoms with Crippen molar-refractivity contribution < 1.29 is 19.4 Å². The molecule has 3 rings (SSSR count). The first-order valence-corrected chi connectivity index (χ1v) is 7.61. The normalized spacial score (nSPS) is 14.3. The Hall–Kier alpha value is -2.53. The van der Waals surface area contributed by atoms with E-state index in [1.165, 1.54) is 0 Å². The van der Waals surface area contributed by atoms with Crippen molar-refractivity contribution in [3.8, 4) is 11.5 Å². The van der Waals surface area contributed by atoms with Crippen LogP contribution in [0.15, 0.2) is 48.5 Å². The maximum Gasteiger partial charge on any atom is 0.321 e. The number of hydrogen-bond donors (Lipinski definition) is 2. The number of nitrogens with one attached hydrogen (secondary N) is 1. The lowest BCUT2D eigenvalue weighted by Gasteiger charge is -2.22. The van der Waals surface area contributed by atoms with Crippen molar-refractivity contribution in [1.29, 1.82) is 0 Å². The standard InChI is InChI=1S/C18H19NO4/c20-18(21)15(11-13-5-2-1-3-6-13)19-12-14-7-4-8-16-17(14)23-10-9-22-16/h1-8,15,19H,9-12H2,(H,20,21)/t15-/m0/s1. The van der Waals surface area contributed by atoms with Gasteiger partial charge < -0.3 is 14.6 Å². The minimum absolute atomic E-state index is 0.413. The van der Waals surface area contributed by atoms with Gasteiger partial charge in [0.1, 0.15) is 19.3 Å². The van der Waals surface area contributed by atoms with Gasteiger partial charge in [0.15, 0.2) is 11.5 Å². The average Bonchev–Trinajstić information content (AvgIpc) is 2.59. The summed E-state index contributed by atoms with van der Waals surface area (Å²) in [7, 11) is 0. The first-order chi connectivity index (χ1) is 11.2. The lowest BCUT2D eigenvalue weighted by molar-refractivity contribution is -0.139. The van der Waals surface area contributed by atoms with Crippen LogP contribution >= 0.6 is 0 Å². The Morgan fingerprint density at radius 1 is 1.09 bits per heavy atom. The number of aliphatic carboxylic acids is 1. The van der Waals surface area contributed by atoms with Crippen molar-refractivity contribution >= 4 is 5.97 Å². The summed E-state index contributed by atoms with van der Waals surface area (Å²) in [5, 5.41) is 12.5. The third-order valence-electron chi connectivity index (χ3n) is 3.77. The molecule has 1 atom stereocenters. The van der Waals surface area contributed by atoms with Gasteiger partial charge in [-0.1, -0.05) is 42.5 Å². The molecule has 0 radical (unpaired) electrons. The number of carbonyl (C=O) groups is 1. The van der Waals surface area contributed by atoms with Crippen LogP contribution in [0, 0.1) is 0 Å². The van der Waals surface area contributed by atoms with E-state index in [9.17, 15) is 9.90 Å². The van der Waals surface area contributed by atoms with Crippen LogP contribution in [0.3, 0.4) is 0 Å². The Labute approximate surface area is 134 Å². The van der Waals surface area contributed by atoms with Crippen LogP contribution < -0.4 is 14.8 Å². The molecular weight excluding hydrogens is 294 g/mol. The van der Waals surface area contributed by atoms with Crippen molar-refractivity contribution in [2.75, 3.05) is 13.2 Å². The molecular formula is C18H19NO4. The van der Waals surface area contributed by atoms with Crippen LogP contribution in [0.2, 0.25) is 0 Å². The summed E-state index contributed by atoms with van der Waals surface area (Å²) in [5.74, 6) is 0.552. The molecule has 0 saturated carbocycles. The predicted octanol–water partition coefficient (Wildman–Crippen LogP) is 2.24. The zero-order valence-electron chi connectivity index (χ0n) is 12.7. The van der Waals surface area contributed by atoms with Gasteiger partial charge >= 0.3 is 5.97 Å². The fraction of sp³-hybridized carbons (Fsp3) is 0.278. The Kier molecular flexibility index (Phi) is 4.78. The van der Waals surface area contributed by atoms with Crippen LogP contribution in [0.5, 0.6) is 11.5 Å². The maximum atomic E-state index is 11.5. The quantitative estimate of drug-likeness (QED) is 0.856. The molecule has 2 aromatic rings. The van der Waals surface area contributed by atoms with E-state index in [4.69, 9.17) is 9.47 Å². The van der Waals surface area contributed by atoms with Crippen LogP contribution in [0.25, 0.3) is 0 Å². The highest BCUT2D eigenvalue weighted by molar-refractivity contribution is 5.74. The molecule has 0 saturated heterocycles. The first kappa shape index (κ1) is 15.4. The molecule has 0 aromatic heterocycles. The van der Waals surface area contributed by atoms with Crippen LogP contribution in [-0.2, 0) is 17.8 Å². The van der Waals surface area contributed by atoms with E-state index in [1.54, 1.807) is 0 Å². The molecule has 0 bridgehead atoms. The Bertz CT molecular complexity index is 672. The number of para-hydroxylation sites is 1. The van der Waals surface area contributed by atoms with E-state index in [0.29, 0.717) is 37.7 Å². The number of carboxylic acids is 1. The van der Waals surface area contributed by atoms with Crippen LogP contribution in [-0.4, -0.2) is 30.3 Å². The second-order valence-electron chi connectivity index (χ2n) is 5.40. The number of carboxylic acid groups (broad SMARTS) is 1. The second kappa shape index (κ2) is 7.15. The molecule has 0 aliphatic carbocycles. The van der Waals surface area contributed by atoms with Gasteiger partial charge in [-0.2, -0.15) is 0 Å². The molecule has 0 unspecified atom stereocenters. The minimum atomic E-state index is -0.865. The van der Waals surface area contributed by atoms with Crippen LogP contribution in [0.1, 0.15) is 11.1 Å². The lowest BCUT2D eigenvalue weighted by atomic mass is 10.1. The number of benzene rings is 2. The Morgan fingerprint density at radius 3 is 2.65 bits per heavy atom. The molecule has 5 nitrogen and oxygen atoms in total. The summed E-state index contributed by atoms with van der Waals surface area (Å²) in [6, 6.07) is 14.6.